The molecule has 0 unspecified atom stereocenters. The van der Waals surface area contributed by atoms with Crippen LogP contribution in [0.25, 0.3) is 11.1 Å². The topological polar surface area (TPSA) is 97.2 Å². The number of rotatable bonds is 6. The Kier molecular flexibility index (Phi) is 5.53. The van der Waals surface area contributed by atoms with Gasteiger partial charge in [0.1, 0.15) is 23.4 Å². The van der Waals surface area contributed by atoms with Gasteiger partial charge < -0.3 is 20.0 Å². The molecule has 29 heavy (non-hydrogen) atoms. The molecule has 7 nitrogen and oxygen atoms in total. The maximum absolute atomic E-state index is 12.3. The van der Waals surface area contributed by atoms with Crippen LogP contribution in [-0.2, 0) is 14.4 Å². The number of amides is 1. The summed E-state index contributed by atoms with van der Waals surface area (Å²) in [4.78, 5) is 29.0. The first-order valence-corrected chi connectivity index (χ1v) is 10.0. The van der Waals surface area contributed by atoms with Gasteiger partial charge in [0.15, 0.2) is 0 Å². The van der Waals surface area contributed by atoms with E-state index in [1.54, 1.807) is 0 Å². The predicted octanol–water partition coefficient (Wildman–Crippen LogP) is 3.87. The van der Waals surface area contributed by atoms with Crippen molar-refractivity contribution in [3.63, 3.8) is 0 Å². The second kappa shape index (κ2) is 8.24. The van der Waals surface area contributed by atoms with Crippen LogP contribution in [0, 0.1) is 0 Å². The maximum Gasteiger partial charge on any atom is 0.407 e. The largest absolute Gasteiger partial charge is 0.480 e. The molecule has 2 aromatic carbocycles. The Morgan fingerprint density at radius 2 is 1.79 bits per heavy atom. The van der Waals surface area contributed by atoms with E-state index in [2.05, 4.69) is 38.5 Å². The van der Waals surface area contributed by atoms with Crippen LogP contribution in [0.15, 0.2) is 53.7 Å². The Labute approximate surface area is 175 Å². The van der Waals surface area contributed by atoms with E-state index in [4.69, 9.17) is 9.57 Å². The minimum atomic E-state index is -1.15. The molecule has 2 aliphatic rings. The number of hydrogen-bond acceptors (Lipinski definition) is 5. The van der Waals surface area contributed by atoms with Gasteiger partial charge in [0, 0.05) is 18.8 Å². The number of nitrogens with zero attached hydrogens (tertiary/aromatic N) is 1. The lowest BCUT2D eigenvalue weighted by atomic mass is 9.98. The van der Waals surface area contributed by atoms with Gasteiger partial charge in [0.25, 0.3) is 0 Å². The van der Waals surface area contributed by atoms with Gasteiger partial charge in [-0.2, -0.15) is 0 Å². The molecule has 1 aliphatic heterocycles. The third-order valence-electron chi connectivity index (χ3n) is 5.13. The van der Waals surface area contributed by atoms with Crippen molar-refractivity contribution in [2.75, 3.05) is 6.61 Å². The van der Waals surface area contributed by atoms with Gasteiger partial charge in [-0.15, -0.1) is 0 Å². The van der Waals surface area contributed by atoms with Crippen LogP contribution in [-0.4, -0.2) is 40.5 Å². The van der Waals surface area contributed by atoms with Crippen molar-refractivity contribution in [2.24, 2.45) is 5.16 Å². The summed E-state index contributed by atoms with van der Waals surface area (Å²) in [7, 11) is 0. The molecular weight excluding hydrogens is 440 g/mol. The molecule has 0 saturated heterocycles. The number of carbonyl (C=O) groups excluding carboxylic acids is 1. The van der Waals surface area contributed by atoms with Crippen LogP contribution < -0.4 is 5.32 Å². The zero-order chi connectivity index (χ0) is 20.4. The molecule has 1 heterocycles. The first-order valence-electron chi connectivity index (χ1n) is 9.25. The fraction of sp³-hybridized carbons (Fsp3) is 0.286. The van der Waals surface area contributed by atoms with E-state index in [9.17, 15) is 14.7 Å². The number of alkyl carbamates (subject to hydrolysis) is 1. The number of carbonyl (C=O) groups is 2. The standard InChI is InChI=1S/C21H19BrN2O5/c22-19-10-12(29-24-19)9-18(20(25)26)23-21(27)28-11-17-15-7-3-1-5-13(15)14-6-2-4-8-16(14)17/h1-8,12,17-18H,9-11H2,(H,23,27)(H,25,26)/t12-,18-/m0/s1. The van der Waals surface area contributed by atoms with Crippen molar-refractivity contribution in [3.05, 3.63) is 59.7 Å². The van der Waals surface area contributed by atoms with E-state index < -0.39 is 24.2 Å². The molecule has 1 amide bonds. The highest BCUT2D eigenvalue weighted by atomic mass is 79.9. The number of aliphatic carboxylic acids is 1. The molecule has 2 atom stereocenters. The lowest BCUT2D eigenvalue weighted by Gasteiger charge is -2.19. The molecule has 0 fully saturated rings. The molecule has 0 aromatic heterocycles. The summed E-state index contributed by atoms with van der Waals surface area (Å²) in [5.74, 6) is -1.23. The predicted molar refractivity (Wildman–Crippen MR) is 110 cm³/mol. The number of nitrogens with one attached hydrogen (secondary N) is 1. The van der Waals surface area contributed by atoms with Crippen LogP contribution >= 0.6 is 15.9 Å². The van der Waals surface area contributed by atoms with Crippen molar-refractivity contribution in [1.29, 1.82) is 0 Å². The monoisotopic (exact) mass is 458 g/mol. The van der Waals surface area contributed by atoms with E-state index >= 15 is 0 Å². The number of ether oxygens (including phenoxy) is 1. The van der Waals surface area contributed by atoms with E-state index in [1.165, 1.54) is 0 Å². The number of halogens is 1. The first-order chi connectivity index (χ1) is 14.0. The lowest BCUT2D eigenvalue weighted by Crippen LogP contribution is -2.43. The van der Waals surface area contributed by atoms with Crippen LogP contribution in [0.1, 0.15) is 29.9 Å². The van der Waals surface area contributed by atoms with Crippen LogP contribution in [0.2, 0.25) is 0 Å². The number of carboxylic acid groups (broad SMARTS) is 1. The van der Waals surface area contributed by atoms with E-state index in [0.29, 0.717) is 11.0 Å². The highest BCUT2D eigenvalue weighted by Gasteiger charge is 2.31. The van der Waals surface area contributed by atoms with Crippen LogP contribution in [0.4, 0.5) is 4.79 Å². The zero-order valence-electron chi connectivity index (χ0n) is 15.4. The van der Waals surface area contributed by atoms with E-state index in [-0.39, 0.29) is 18.9 Å². The minimum absolute atomic E-state index is 0.0843. The Morgan fingerprint density at radius 1 is 1.17 bits per heavy atom. The average Bonchev–Trinajstić information content (AvgIpc) is 3.27. The summed E-state index contributed by atoms with van der Waals surface area (Å²) in [5, 5.41) is 15.6. The van der Waals surface area contributed by atoms with E-state index in [1.807, 2.05) is 36.4 Å². The van der Waals surface area contributed by atoms with Crippen molar-refractivity contribution >= 4 is 32.6 Å². The molecule has 0 radical (unpaired) electrons. The molecule has 4 rings (SSSR count). The summed E-state index contributed by atoms with van der Waals surface area (Å²) < 4.78 is 6.03. The molecule has 2 N–H and O–H groups in total. The van der Waals surface area contributed by atoms with Gasteiger partial charge in [-0.25, -0.2) is 9.59 Å². The highest BCUT2D eigenvalue weighted by molar-refractivity contribution is 9.18. The van der Waals surface area contributed by atoms with Crippen molar-refractivity contribution < 1.29 is 24.3 Å². The summed E-state index contributed by atoms with van der Waals surface area (Å²) >= 11 is 3.21. The number of benzene rings is 2. The van der Waals surface area contributed by atoms with Gasteiger partial charge in [-0.05, 0) is 38.2 Å². The number of oxime groups is 1. The molecule has 0 saturated carbocycles. The lowest BCUT2D eigenvalue weighted by molar-refractivity contribution is -0.140. The highest BCUT2D eigenvalue weighted by Crippen LogP contribution is 2.44. The third kappa shape index (κ3) is 4.12. The number of carboxylic acids is 1. The minimum Gasteiger partial charge on any atom is -0.480 e. The second-order valence-corrected chi connectivity index (χ2v) is 7.91. The first kappa shape index (κ1) is 19.4. The normalized spacial score (nSPS) is 18.2. The molecule has 8 heteroatoms. The summed E-state index contributed by atoms with van der Waals surface area (Å²) in [5.41, 5.74) is 4.45. The molecule has 0 bridgehead atoms. The van der Waals surface area contributed by atoms with Crippen LogP contribution in [0.3, 0.4) is 0 Å². The van der Waals surface area contributed by atoms with Gasteiger partial charge in [0.2, 0.25) is 0 Å². The fourth-order valence-corrected chi connectivity index (χ4v) is 4.23. The second-order valence-electron chi connectivity index (χ2n) is 7.00. The van der Waals surface area contributed by atoms with Gasteiger partial charge >= 0.3 is 12.1 Å². The van der Waals surface area contributed by atoms with Crippen molar-refractivity contribution in [3.8, 4) is 11.1 Å². The Morgan fingerprint density at radius 3 is 2.34 bits per heavy atom. The smallest absolute Gasteiger partial charge is 0.407 e. The molecule has 150 valence electrons. The summed E-state index contributed by atoms with van der Waals surface area (Å²) in [6, 6.07) is 14.9. The molecule has 2 aromatic rings. The molecule has 0 spiro atoms. The molecule has 1 aliphatic carbocycles. The third-order valence-corrected chi connectivity index (χ3v) is 5.60. The van der Waals surface area contributed by atoms with Crippen LogP contribution in [0.5, 0.6) is 0 Å². The number of fused-ring (bicyclic) bond motifs is 3. The summed E-state index contributed by atoms with van der Waals surface area (Å²) in [6.07, 6.45) is -0.606. The van der Waals surface area contributed by atoms with E-state index in [0.717, 1.165) is 22.3 Å². The zero-order valence-corrected chi connectivity index (χ0v) is 17.0. The van der Waals surface area contributed by atoms with Gasteiger partial charge in [-0.1, -0.05) is 53.7 Å². The quantitative estimate of drug-likeness (QED) is 0.684. The fourth-order valence-electron chi connectivity index (χ4n) is 3.79. The summed E-state index contributed by atoms with van der Waals surface area (Å²) in [6.45, 7) is 0.126. The van der Waals surface area contributed by atoms with Crippen molar-refractivity contribution in [2.45, 2.75) is 30.9 Å². The average molecular weight is 459 g/mol. The van der Waals surface area contributed by atoms with Crippen molar-refractivity contribution in [1.82, 2.24) is 5.32 Å². The Balaban J connectivity index is 1.39. The van der Waals surface area contributed by atoms with Gasteiger partial charge in [0.05, 0.1) is 0 Å². The number of hydrogen-bond donors (Lipinski definition) is 2. The Bertz CT molecular complexity index is 932. The maximum atomic E-state index is 12.3. The SMILES string of the molecule is O=C(N[C@@H](C[C@H]1CC(Br)=NO1)C(=O)O)OCC1c2ccccc2-c2ccccc21. The molecular formula is C21H19BrN2O5. The Hall–Kier alpha value is -2.87. The van der Waals surface area contributed by atoms with Gasteiger partial charge in [-0.3, -0.25) is 0 Å².